The molecule has 0 spiro atoms. The number of rotatable bonds is 43. The van der Waals surface area contributed by atoms with Crippen LogP contribution < -0.4 is 5.73 Å². The van der Waals surface area contributed by atoms with Crippen molar-refractivity contribution in [1.29, 1.82) is 0 Å². The van der Waals surface area contributed by atoms with Gasteiger partial charge in [-0.05, 0) is 38.5 Å². The fourth-order valence-corrected chi connectivity index (χ4v) is 7.02. The van der Waals surface area contributed by atoms with Crippen LogP contribution in [0.25, 0.3) is 0 Å². The van der Waals surface area contributed by atoms with Crippen LogP contribution in [-0.4, -0.2) is 71.7 Å². The molecule has 0 aromatic rings. The van der Waals surface area contributed by atoms with Gasteiger partial charge in [0.1, 0.15) is 6.61 Å². The molecule has 0 radical (unpaired) electrons. The Morgan fingerprint density at radius 2 is 1.15 bits per heavy atom. The maximum absolute atomic E-state index is 12.6. The number of aliphatic hydroxyl groups is 2. The van der Waals surface area contributed by atoms with Gasteiger partial charge in [0, 0.05) is 19.4 Å². The summed E-state index contributed by atoms with van der Waals surface area (Å²) >= 11 is 0. The summed E-state index contributed by atoms with van der Waals surface area (Å²) in [5, 5.41) is 20.0. The van der Waals surface area contributed by atoms with Gasteiger partial charge in [-0.1, -0.05) is 202 Å². The van der Waals surface area contributed by atoms with E-state index in [4.69, 9.17) is 24.3 Å². The summed E-state index contributed by atoms with van der Waals surface area (Å²) in [5.41, 5.74) is 5.34. The number of carbonyl (C=O) groups is 2. The Kier molecular flexibility index (Phi) is 42.1. The van der Waals surface area contributed by atoms with E-state index < -0.39 is 44.7 Å². The lowest BCUT2D eigenvalue weighted by atomic mass is 10.0. The van der Waals surface area contributed by atoms with Crippen LogP contribution in [0, 0.1) is 0 Å². The van der Waals surface area contributed by atoms with Crippen molar-refractivity contribution in [2.24, 2.45) is 5.73 Å². The van der Waals surface area contributed by atoms with Crippen molar-refractivity contribution in [3.05, 3.63) is 72.9 Å². The summed E-state index contributed by atoms with van der Waals surface area (Å²) < 4.78 is 32.7. The van der Waals surface area contributed by atoms with Crippen LogP contribution >= 0.6 is 7.82 Å². The summed E-state index contributed by atoms with van der Waals surface area (Å²) in [4.78, 5) is 35.0. The molecule has 0 fully saturated rings. The summed E-state index contributed by atoms with van der Waals surface area (Å²) in [7, 11) is -4.43. The zero-order valence-corrected chi connectivity index (χ0v) is 39.0. The van der Waals surface area contributed by atoms with Crippen LogP contribution in [-0.2, 0) is 32.7 Å². The molecule has 5 N–H and O–H groups in total. The number of unbranched alkanes of at least 4 members (excludes halogenated alkanes) is 19. The second-order valence-corrected chi connectivity index (χ2v) is 17.1. The van der Waals surface area contributed by atoms with Gasteiger partial charge in [0.25, 0.3) is 0 Å². The average molecular weight is 880 g/mol. The van der Waals surface area contributed by atoms with E-state index in [1.54, 1.807) is 30.4 Å². The van der Waals surface area contributed by atoms with E-state index in [-0.39, 0.29) is 32.6 Å². The number of aliphatic hydroxyl groups excluding tert-OH is 2. The molecule has 61 heavy (non-hydrogen) atoms. The van der Waals surface area contributed by atoms with Gasteiger partial charge in [-0.25, -0.2) is 4.57 Å². The molecule has 0 saturated carbocycles. The van der Waals surface area contributed by atoms with E-state index in [1.807, 2.05) is 42.5 Å². The molecular weight excluding hydrogens is 794 g/mol. The fraction of sp³-hybridized carbons (Fsp3) is 0.714. The summed E-state index contributed by atoms with van der Waals surface area (Å²) in [5.74, 6) is -1.01. The monoisotopic (exact) mass is 880 g/mol. The molecule has 1 unspecified atom stereocenters. The van der Waals surface area contributed by atoms with Crippen LogP contribution in [0.2, 0.25) is 0 Å². The first-order chi connectivity index (χ1) is 29.6. The minimum absolute atomic E-state index is 0.0220. The minimum atomic E-state index is -4.43. The number of phosphoric acid groups is 1. The Hall–Kier alpha value is -2.63. The molecule has 12 heteroatoms. The average Bonchev–Trinajstić information content (AvgIpc) is 3.24. The quantitative estimate of drug-likeness (QED) is 0.0151. The molecule has 0 rings (SSSR count). The van der Waals surface area contributed by atoms with Gasteiger partial charge in [0.15, 0.2) is 6.10 Å². The highest BCUT2D eigenvalue weighted by Crippen LogP contribution is 2.43. The molecule has 0 aliphatic carbocycles. The summed E-state index contributed by atoms with van der Waals surface area (Å²) in [6, 6.07) is 0. The van der Waals surface area contributed by atoms with Crippen LogP contribution in [0.15, 0.2) is 72.9 Å². The predicted molar refractivity (Wildman–Crippen MR) is 250 cm³/mol. The molecule has 0 aromatic heterocycles. The molecule has 0 bridgehead atoms. The summed E-state index contributed by atoms with van der Waals surface area (Å²) in [6.45, 7) is 3.33. The highest BCUT2D eigenvalue weighted by atomic mass is 31.2. The normalized spacial score (nSPS) is 14.9. The van der Waals surface area contributed by atoms with Gasteiger partial charge in [-0.3, -0.25) is 18.6 Å². The van der Waals surface area contributed by atoms with Gasteiger partial charge in [0.05, 0.1) is 25.4 Å². The Morgan fingerprint density at radius 3 is 1.70 bits per heavy atom. The maximum Gasteiger partial charge on any atom is 0.472 e. The lowest BCUT2D eigenvalue weighted by Crippen LogP contribution is -2.29. The third-order valence-electron chi connectivity index (χ3n) is 9.78. The van der Waals surface area contributed by atoms with Gasteiger partial charge in [-0.2, -0.15) is 0 Å². The zero-order valence-electron chi connectivity index (χ0n) is 38.1. The molecule has 11 nitrogen and oxygen atoms in total. The van der Waals surface area contributed by atoms with E-state index in [0.717, 1.165) is 25.7 Å². The number of allylic oxidation sites excluding steroid dienone is 8. The second kappa shape index (κ2) is 44.0. The lowest BCUT2D eigenvalue weighted by molar-refractivity contribution is -0.161. The zero-order chi connectivity index (χ0) is 44.9. The molecule has 4 atom stereocenters. The van der Waals surface area contributed by atoms with Crippen LogP contribution in [0.1, 0.15) is 181 Å². The molecule has 0 amide bonds. The van der Waals surface area contributed by atoms with Crippen molar-refractivity contribution in [3.8, 4) is 0 Å². The number of esters is 2. The Bertz CT molecular complexity index is 1260. The lowest BCUT2D eigenvalue weighted by Gasteiger charge is -2.19. The van der Waals surface area contributed by atoms with Crippen molar-refractivity contribution < 1.29 is 47.8 Å². The number of nitrogens with two attached hydrogens (primary N) is 1. The Morgan fingerprint density at radius 1 is 0.607 bits per heavy atom. The highest BCUT2D eigenvalue weighted by molar-refractivity contribution is 7.47. The fourth-order valence-electron chi connectivity index (χ4n) is 6.26. The van der Waals surface area contributed by atoms with Crippen LogP contribution in [0.3, 0.4) is 0 Å². The second-order valence-electron chi connectivity index (χ2n) is 15.7. The van der Waals surface area contributed by atoms with E-state index >= 15 is 0 Å². The molecule has 0 heterocycles. The standard InChI is InChI=1S/C49H86NO10P/c1-3-5-7-8-9-10-11-12-13-14-15-16-17-18-19-20-24-27-33-40-49(54)60-47(44-59-61(55,56)58-42-41-50)43-57-48(53)39-34-28-32-38-46(52)37-31-26-23-21-22-25-30-36-45(51)35-29-6-4-2/h6,22-23,25-26,29-32,36-38,45-47,51-52H,3-5,7-21,24,27-28,33-35,39-44,50H2,1-2H3,(H,55,56)/b25-22-,26-23-,29-6-,36-30+,37-31+,38-32-/t45-,46-,47-/m1/s1. The first-order valence-corrected chi connectivity index (χ1v) is 25.1. The van der Waals surface area contributed by atoms with Gasteiger partial charge >= 0.3 is 19.8 Å². The third kappa shape index (κ3) is 43.8. The number of carbonyl (C=O) groups excluding carboxylic acids is 2. The van der Waals surface area contributed by atoms with E-state index in [0.29, 0.717) is 32.1 Å². The predicted octanol–water partition coefficient (Wildman–Crippen LogP) is 11.8. The molecule has 352 valence electrons. The van der Waals surface area contributed by atoms with Gasteiger partial charge < -0.3 is 30.3 Å². The number of hydrogen-bond donors (Lipinski definition) is 4. The van der Waals surface area contributed by atoms with E-state index in [9.17, 15) is 29.3 Å². The van der Waals surface area contributed by atoms with Crippen molar-refractivity contribution in [2.45, 2.75) is 199 Å². The molecule has 0 saturated heterocycles. The Balaban J connectivity index is 4.33. The van der Waals surface area contributed by atoms with Crippen molar-refractivity contribution in [3.63, 3.8) is 0 Å². The van der Waals surface area contributed by atoms with Crippen LogP contribution in [0.4, 0.5) is 0 Å². The first-order valence-electron chi connectivity index (χ1n) is 23.6. The molecule has 0 aliphatic rings. The highest BCUT2D eigenvalue weighted by Gasteiger charge is 2.26. The topological polar surface area (TPSA) is 175 Å². The van der Waals surface area contributed by atoms with E-state index in [1.165, 1.54) is 96.3 Å². The maximum atomic E-state index is 12.6. The Labute approximate surface area is 370 Å². The first kappa shape index (κ1) is 58.4. The van der Waals surface area contributed by atoms with Crippen molar-refractivity contribution >= 4 is 19.8 Å². The van der Waals surface area contributed by atoms with Gasteiger partial charge in [-0.15, -0.1) is 0 Å². The SMILES string of the molecule is CC/C=C\C[C@@H](O)/C=C/C=C\C/C=C\C=C\[C@@H](O)/C=C\CCCC(=O)OC[C@H](COP(=O)(O)OCCN)OC(=O)CCCCCCCCCCCCCCCCCCCCC. The number of ether oxygens (including phenoxy) is 2. The van der Waals surface area contributed by atoms with Crippen molar-refractivity contribution in [2.75, 3.05) is 26.4 Å². The minimum Gasteiger partial charge on any atom is -0.462 e. The largest absolute Gasteiger partial charge is 0.472 e. The summed E-state index contributed by atoms with van der Waals surface area (Å²) in [6.07, 6.45) is 47.2. The number of phosphoric ester groups is 1. The smallest absolute Gasteiger partial charge is 0.462 e. The van der Waals surface area contributed by atoms with E-state index in [2.05, 4.69) is 13.8 Å². The molecular formula is C49H86NO10P. The molecule has 0 aliphatic heterocycles. The van der Waals surface area contributed by atoms with Crippen LogP contribution in [0.5, 0.6) is 0 Å². The number of hydrogen-bond acceptors (Lipinski definition) is 10. The third-order valence-corrected chi connectivity index (χ3v) is 10.8. The van der Waals surface area contributed by atoms with Crippen molar-refractivity contribution in [1.82, 2.24) is 0 Å². The van der Waals surface area contributed by atoms with Gasteiger partial charge in [0.2, 0.25) is 0 Å². The molecule has 0 aromatic carbocycles.